The molecule has 0 bridgehead atoms. The molecule has 6 rings (SSSR count). The zero-order chi connectivity index (χ0) is 41.9. The molecule has 6 heteroatoms. The highest BCUT2D eigenvalue weighted by Gasteiger charge is 2.61. The van der Waals surface area contributed by atoms with Gasteiger partial charge in [-0.15, -0.1) is 0 Å². The zero-order valence-corrected chi connectivity index (χ0v) is 41.6. The van der Waals surface area contributed by atoms with Gasteiger partial charge in [0, 0.05) is 20.3 Å². The van der Waals surface area contributed by atoms with Crippen molar-refractivity contribution in [1.82, 2.24) is 0 Å². The maximum absolute atomic E-state index is 14.5. The van der Waals surface area contributed by atoms with Crippen LogP contribution in [0.3, 0.4) is 0 Å². The third kappa shape index (κ3) is 10.1. The van der Waals surface area contributed by atoms with E-state index >= 15 is 0 Å². The molecule has 2 aromatic rings. The van der Waals surface area contributed by atoms with Crippen molar-refractivity contribution in [3.05, 3.63) is 60.7 Å². The van der Waals surface area contributed by atoms with Crippen LogP contribution in [-0.4, -0.2) is 40.9 Å². The van der Waals surface area contributed by atoms with Gasteiger partial charge in [-0.05, 0) is 149 Å². The van der Waals surface area contributed by atoms with E-state index in [0.29, 0.717) is 57.8 Å². The molecule has 0 aromatic heterocycles. The fourth-order valence-corrected chi connectivity index (χ4v) is 20.5. The molecular formula is C51H80O2S4. The average molecular weight is 853 g/mol. The Morgan fingerprint density at radius 3 is 1.09 bits per heavy atom. The minimum absolute atomic E-state index is 0.206. The van der Waals surface area contributed by atoms with Crippen LogP contribution in [0, 0.1) is 74.4 Å². The summed E-state index contributed by atoms with van der Waals surface area (Å²) >= 11 is 4.38. The van der Waals surface area contributed by atoms with E-state index in [4.69, 9.17) is 0 Å². The van der Waals surface area contributed by atoms with Crippen LogP contribution in [0.4, 0.5) is 0 Å². The van der Waals surface area contributed by atoms with Crippen molar-refractivity contribution in [3.63, 3.8) is 0 Å². The molecule has 0 heterocycles. The van der Waals surface area contributed by atoms with E-state index in [9.17, 15) is 8.42 Å². The highest BCUT2D eigenvalue weighted by Crippen LogP contribution is 2.65. The molecule has 0 radical (unpaired) electrons. The van der Waals surface area contributed by atoms with Gasteiger partial charge in [-0.2, -0.15) is 23.5 Å². The molecule has 4 aliphatic carbocycles. The second kappa shape index (κ2) is 17.3. The largest absolute Gasteiger partial charge is 0.254 e. The fourth-order valence-electron chi connectivity index (χ4n) is 12.5. The van der Waals surface area contributed by atoms with Gasteiger partial charge in [-0.3, -0.25) is 8.42 Å². The number of thioether (sulfide) groups is 2. The lowest BCUT2D eigenvalue weighted by atomic mass is 9.72. The molecule has 0 aliphatic heterocycles. The first kappa shape index (κ1) is 46.0. The van der Waals surface area contributed by atoms with Gasteiger partial charge in [-0.25, -0.2) is 0 Å². The molecular weight excluding hydrogens is 773 g/mol. The van der Waals surface area contributed by atoms with Gasteiger partial charge in [0.05, 0.1) is 32.1 Å². The Morgan fingerprint density at radius 2 is 0.789 bits per heavy atom. The van der Waals surface area contributed by atoms with Crippen molar-refractivity contribution in [3.8, 4) is 0 Å². The summed E-state index contributed by atoms with van der Waals surface area (Å²) < 4.78 is 29.0. The van der Waals surface area contributed by atoms with E-state index in [1.165, 1.54) is 25.7 Å². The van der Waals surface area contributed by atoms with Crippen molar-refractivity contribution in [1.29, 1.82) is 0 Å². The maximum atomic E-state index is 14.5. The Morgan fingerprint density at radius 1 is 0.474 bits per heavy atom. The molecule has 0 N–H and O–H groups in total. The number of rotatable bonds is 12. The van der Waals surface area contributed by atoms with Crippen LogP contribution >= 0.6 is 23.5 Å². The summed E-state index contributed by atoms with van der Waals surface area (Å²) in [6.45, 7) is 34.5. The van der Waals surface area contributed by atoms with Crippen molar-refractivity contribution >= 4 is 45.1 Å². The Bertz CT molecular complexity index is 1550. The van der Waals surface area contributed by atoms with Gasteiger partial charge in [0.15, 0.2) is 0 Å². The van der Waals surface area contributed by atoms with Gasteiger partial charge in [0.2, 0.25) is 0 Å². The molecule has 14 atom stereocenters. The van der Waals surface area contributed by atoms with Gasteiger partial charge in [0.1, 0.15) is 0 Å². The molecule has 57 heavy (non-hydrogen) atoms. The number of benzene rings is 2. The molecule has 2 nitrogen and oxygen atoms in total. The highest BCUT2D eigenvalue weighted by molar-refractivity contribution is 8.01. The molecule has 0 saturated heterocycles. The minimum Gasteiger partial charge on any atom is -0.254 e. The molecule has 4 aliphatic rings. The maximum Gasteiger partial charge on any atom is 0.0572 e. The van der Waals surface area contributed by atoms with Gasteiger partial charge >= 0.3 is 0 Å². The lowest BCUT2D eigenvalue weighted by Crippen LogP contribution is -2.35. The van der Waals surface area contributed by atoms with E-state index in [1.54, 1.807) is 0 Å². The van der Waals surface area contributed by atoms with E-state index < -0.39 is 21.6 Å². The summed E-state index contributed by atoms with van der Waals surface area (Å²) in [5, 5.41) is 1.26. The van der Waals surface area contributed by atoms with Crippen molar-refractivity contribution in [2.24, 2.45) is 74.4 Å². The number of hydrogen-bond acceptors (Lipinski definition) is 4. The van der Waals surface area contributed by atoms with Crippen molar-refractivity contribution < 1.29 is 8.42 Å². The summed E-state index contributed by atoms with van der Waals surface area (Å²) in [5.41, 5.74) is 1.19. The van der Waals surface area contributed by atoms with Crippen molar-refractivity contribution in [2.75, 3.05) is 11.5 Å². The summed E-state index contributed by atoms with van der Waals surface area (Å²) in [6, 6.07) is 20.7. The topological polar surface area (TPSA) is 34.1 Å². The van der Waals surface area contributed by atoms with E-state index in [0.717, 1.165) is 34.1 Å². The molecule has 2 aromatic carbocycles. The van der Waals surface area contributed by atoms with Gasteiger partial charge in [-0.1, -0.05) is 133 Å². The summed E-state index contributed by atoms with van der Waals surface area (Å²) in [6.07, 6.45) is 7.15. The normalized spacial score (nSPS) is 34.6. The Kier molecular flexibility index (Phi) is 14.0. The number of fused-ring (bicyclic) bond motifs is 2. The highest BCUT2D eigenvalue weighted by atomic mass is 32.2. The zero-order valence-electron chi connectivity index (χ0n) is 38.3. The smallest absolute Gasteiger partial charge is 0.0572 e. The van der Waals surface area contributed by atoms with Crippen LogP contribution in [-0.2, 0) is 21.6 Å². The second-order valence-corrected chi connectivity index (χ2v) is 29.9. The SMILES string of the molecule is CC(C)(CCSC1C2C(CC1S(=O)c1ccccc1)C(C(C)(C)C)CC2C(C)(C)C)CCSC1C2C(CC1S(=O)c1ccccc1)C(C(C)(C)C)CC2C(C)(C)C. The van der Waals surface area contributed by atoms with Crippen LogP contribution in [0.1, 0.15) is 135 Å². The summed E-state index contributed by atoms with van der Waals surface area (Å²) in [5.74, 6) is 7.43. The lowest BCUT2D eigenvalue weighted by Gasteiger charge is -2.37. The standard InChI is InChI=1S/C51H80O2S4/c1-47(2,3)37-31-39(49(7,8)9)43-35(37)29-41(56(52)33-21-17-15-18-22-33)45(43)54-27-25-51(13,14)26-28-55-46-42(57(53)34-23-19-16-20-24-34)30-36-38(48(4,5)6)32-40(44(36)46)50(10,11)12/h15-24,35-46H,25-32H2,1-14H3. The minimum atomic E-state index is -1.00. The van der Waals surface area contributed by atoms with E-state index in [2.05, 4.69) is 181 Å². The third-order valence-electron chi connectivity index (χ3n) is 15.6. The molecule has 4 fully saturated rings. The van der Waals surface area contributed by atoms with Crippen LogP contribution < -0.4 is 0 Å². The monoisotopic (exact) mass is 853 g/mol. The van der Waals surface area contributed by atoms with Gasteiger partial charge in [0.25, 0.3) is 0 Å². The average Bonchev–Trinajstić information content (AvgIpc) is 3.87. The quantitative estimate of drug-likeness (QED) is 0.213. The lowest BCUT2D eigenvalue weighted by molar-refractivity contribution is 0.171. The predicted molar refractivity (Wildman–Crippen MR) is 253 cm³/mol. The molecule has 4 saturated carbocycles. The molecule has 14 unspecified atom stereocenters. The molecule has 0 spiro atoms. The van der Waals surface area contributed by atoms with Crippen LogP contribution in [0.5, 0.6) is 0 Å². The number of hydrogen-bond donors (Lipinski definition) is 0. The molecule has 0 amide bonds. The fraction of sp³-hybridized carbons (Fsp3) is 0.765. The van der Waals surface area contributed by atoms with Gasteiger partial charge < -0.3 is 0 Å². The molecule has 320 valence electrons. The van der Waals surface area contributed by atoms with Crippen molar-refractivity contribution in [2.45, 2.75) is 166 Å². The van der Waals surface area contributed by atoms with E-state index in [1.807, 2.05) is 0 Å². The van der Waals surface area contributed by atoms with Crippen LogP contribution in [0.15, 0.2) is 70.5 Å². The Balaban J connectivity index is 1.18. The third-order valence-corrected chi connectivity index (χ3v) is 22.4. The first-order valence-corrected chi connectivity index (χ1v) is 27.1. The summed E-state index contributed by atoms with van der Waals surface area (Å²) in [7, 11) is -2.01. The Hall–Kier alpha value is -0.560. The van der Waals surface area contributed by atoms with E-state index in [-0.39, 0.29) is 37.6 Å². The first-order chi connectivity index (χ1) is 26.4. The summed E-state index contributed by atoms with van der Waals surface area (Å²) in [4.78, 5) is 2.02. The second-order valence-electron chi connectivity index (χ2n) is 23.9. The Labute approximate surface area is 364 Å². The van der Waals surface area contributed by atoms with Crippen LogP contribution in [0.2, 0.25) is 0 Å². The first-order valence-electron chi connectivity index (χ1n) is 22.5. The predicted octanol–water partition coefficient (Wildman–Crippen LogP) is 14.1. The van der Waals surface area contributed by atoms with Crippen LogP contribution in [0.25, 0.3) is 0 Å².